The molecule has 6 heteroatoms. The molecule has 1 saturated heterocycles. The van der Waals surface area contributed by atoms with Crippen LogP contribution in [0.2, 0.25) is 5.28 Å². The Balaban J connectivity index is 2.30. The van der Waals surface area contributed by atoms with E-state index in [0.717, 1.165) is 24.2 Å². The van der Waals surface area contributed by atoms with Crippen LogP contribution in [0, 0.1) is 5.82 Å². The van der Waals surface area contributed by atoms with Crippen molar-refractivity contribution in [3.63, 3.8) is 0 Å². The molecule has 1 unspecified atom stereocenters. The molecule has 1 aromatic rings. The molecule has 15 heavy (non-hydrogen) atoms. The predicted molar refractivity (Wildman–Crippen MR) is 61.1 cm³/mol. The lowest BCUT2D eigenvalue weighted by Crippen LogP contribution is -2.41. The largest absolute Gasteiger partial charge is 0.350 e. The van der Waals surface area contributed by atoms with E-state index in [1.165, 1.54) is 0 Å². The molecule has 1 aliphatic rings. The SMILES string of the molecule is CC1CSCCN1c1nc(Cl)ncc1F. The molecule has 1 fully saturated rings. The minimum atomic E-state index is -0.404. The summed E-state index contributed by atoms with van der Waals surface area (Å²) >= 11 is 7.53. The highest BCUT2D eigenvalue weighted by Crippen LogP contribution is 2.24. The fourth-order valence-electron chi connectivity index (χ4n) is 1.58. The van der Waals surface area contributed by atoms with E-state index in [0.29, 0.717) is 5.82 Å². The van der Waals surface area contributed by atoms with E-state index < -0.39 is 5.82 Å². The minimum Gasteiger partial charge on any atom is -0.350 e. The third-order valence-corrected chi connectivity index (χ3v) is 3.71. The van der Waals surface area contributed by atoms with Crippen molar-refractivity contribution in [2.24, 2.45) is 0 Å². The number of thioether (sulfide) groups is 1. The molecule has 1 atom stereocenters. The molecular formula is C9H11ClFN3S. The predicted octanol–water partition coefficient (Wildman–Crippen LogP) is 2.21. The van der Waals surface area contributed by atoms with E-state index in [2.05, 4.69) is 16.9 Å². The summed E-state index contributed by atoms with van der Waals surface area (Å²) in [5, 5.41) is 0.0943. The van der Waals surface area contributed by atoms with Crippen molar-refractivity contribution in [2.45, 2.75) is 13.0 Å². The molecule has 0 N–H and O–H groups in total. The van der Waals surface area contributed by atoms with E-state index in [9.17, 15) is 4.39 Å². The Bertz CT molecular complexity index is 363. The number of hydrogen-bond donors (Lipinski definition) is 0. The van der Waals surface area contributed by atoms with Crippen LogP contribution in [0.5, 0.6) is 0 Å². The highest BCUT2D eigenvalue weighted by Gasteiger charge is 2.23. The van der Waals surface area contributed by atoms with Crippen LogP contribution in [0.1, 0.15) is 6.92 Å². The van der Waals surface area contributed by atoms with Crippen molar-refractivity contribution in [2.75, 3.05) is 23.0 Å². The maximum atomic E-state index is 13.5. The van der Waals surface area contributed by atoms with Gasteiger partial charge in [0.25, 0.3) is 0 Å². The molecule has 0 radical (unpaired) electrons. The van der Waals surface area contributed by atoms with Gasteiger partial charge in [-0.05, 0) is 18.5 Å². The van der Waals surface area contributed by atoms with Gasteiger partial charge < -0.3 is 4.90 Å². The van der Waals surface area contributed by atoms with Gasteiger partial charge in [0, 0.05) is 24.1 Å². The molecule has 0 spiro atoms. The molecule has 0 amide bonds. The minimum absolute atomic E-state index is 0.0943. The molecular weight excluding hydrogens is 237 g/mol. The smallest absolute Gasteiger partial charge is 0.224 e. The summed E-state index contributed by atoms with van der Waals surface area (Å²) in [5.41, 5.74) is 0. The van der Waals surface area contributed by atoms with Crippen LogP contribution in [0.15, 0.2) is 6.20 Å². The Labute approximate surface area is 97.0 Å². The van der Waals surface area contributed by atoms with Gasteiger partial charge in [-0.2, -0.15) is 16.7 Å². The normalized spacial score (nSPS) is 21.8. The van der Waals surface area contributed by atoms with E-state index in [1.807, 2.05) is 16.7 Å². The van der Waals surface area contributed by atoms with Gasteiger partial charge >= 0.3 is 0 Å². The molecule has 0 saturated carbocycles. The van der Waals surface area contributed by atoms with Crippen LogP contribution in [0.4, 0.5) is 10.2 Å². The van der Waals surface area contributed by atoms with Crippen LogP contribution >= 0.6 is 23.4 Å². The molecule has 1 aliphatic heterocycles. The van der Waals surface area contributed by atoms with Crippen molar-refractivity contribution in [1.29, 1.82) is 0 Å². The second-order valence-electron chi connectivity index (χ2n) is 3.43. The number of rotatable bonds is 1. The average molecular weight is 248 g/mol. The fraction of sp³-hybridized carbons (Fsp3) is 0.556. The summed E-state index contributed by atoms with van der Waals surface area (Å²) < 4.78 is 13.5. The van der Waals surface area contributed by atoms with Crippen molar-refractivity contribution in [3.8, 4) is 0 Å². The Morgan fingerprint density at radius 2 is 2.47 bits per heavy atom. The molecule has 82 valence electrons. The highest BCUT2D eigenvalue weighted by molar-refractivity contribution is 7.99. The molecule has 0 aliphatic carbocycles. The van der Waals surface area contributed by atoms with E-state index >= 15 is 0 Å². The third-order valence-electron chi connectivity index (χ3n) is 2.34. The maximum absolute atomic E-state index is 13.5. The van der Waals surface area contributed by atoms with E-state index in [4.69, 9.17) is 11.6 Å². The Hall–Kier alpha value is -0.550. The van der Waals surface area contributed by atoms with Crippen molar-refractivity contribution in [1.82, 2.24) is 9.97 Å². The summed E-state index contributed by atoms with van der Waals surface area (Å²) in [6, 6.07) is 0.282. The van der Waals surface area contributed by atoms with Crippen LogP contribution in [-0.4, -0.2) is 34.1 Å². The number of anilines is 1. The number of nitrogens with zero attached hydrogens (tertiary/aromatic N) is 3. The first-order valence-corrected chi connectivity index (χ1v) is 6.24. The standard InChI is InChI=1S/C9H11ClFN3S/c1-6-5-15-3-2-14(6)8-7(11)4-12-9(10)13-8/h4,6H,2-3,5H2,1H3. The van der Waals surface area contributed by atoms with Gasteiger partial charge in [-0.1, -0.05) is 0 Å². The van der Waals surface area contributed by atoms with Crippen molar-refractivity contribution in [3.05, 3.63) is 17.3 Å². The van der Waals surface area contributed by atoms with Crippen molar-refractivity contribution < 1.29 is 4.39 Å². The lowest BCUT2D eigenvalue weighted by Gasteiger charge is -2.33. The van der Waals surface area contributed by atoms with Crippen molar-refractivity contribution >= 4 is 29.2 Å². The Kier molecular flexibility index (Phi) is 3.31. The summed E-state index contributed by atoms with van der Waals surface area (Å²) in [5.74, 6) is 1.90. The first-order valence-electron chi connectivity index (χ1n) is 4.71. The van der Waals surface area contributed by atoms with Gasteiger partial charge in [0.15, 0.2) is 11.6 Å². The van der Waals surface area contributed by atoms with Gasteiger partial charge in [0.05, 0.1) is 6.20 Å². The molecule has 0 aromatic carbocycles. The van der Waals surface area contributed by atoms with E-state index in [1.54, 1.807) is 0 Å². The molecule has 2 heterocycles. The quantitative estimate of drug-likeness (QED) is 0.712. The zero-order valence-corrected chi connectivity index (χ0v) is 9.85. The number of aromatic nitrogens is 2. The van der Waals surface area contributed by atoms with Gasteiger partial charge in [-0.15, -0.1) is 0 Å². The highest BCUT2D eigenvalue weighted by atomic mass is 35.5. The second kappa shape index (κ2) is 4.53. The van der Waals surface area contributed by atoms with E-state index in [-0.39, 0.29) is 11.3 Å². The topological polar surface area (TPSA) is 29.0 Å². The summed E-state index contributed by atoms with van der Waals surface area (Å²) in [7, 11) is 0. The number of hydrogen-bond acceptors (Lipinski definition) is 4. The molecule has 1 aromatic heterocycles. The maximum Gasteiger partial charge on any atom is 0.224 e. The van der Waals surface area contributed by atoms with Gasteiger partial charge in [-0.3, -0.25) is 0 Å². The van der Waals surface area contributed by atoms with Crippen LogP contribution in [-0.2, 0) is 0 Å². The zero-order valence-electron chi connectivity index (χ0n) is 8.28. The summed E-state index contributed by atoms with van der Waals surface area (Å²) in [4.78, 5) is 9.49. The molecule has 0 bridgehead atoms. The van der Waals surface area contributed by atoms with Gasteiger partial charge in [-0.25, -0.2) is 9.37 Å². The first kappa shape index (κ1) is 11.0. The number of halogens is 2. The third kappa shape index (κ3) is 2.34. The second-order valence-corrected chi connectivity index (χ2v) is 4.92. The van der Waals surface area contributed by atoms with Crippen LogP contribution in [0.3, 0.4) is 0 Å². The lowest BCUT2D eigenvalue weighted by molar-refractivity contribution is 0.587. The Morgan fingerprint density at radius 3 is 3.20 bits per heavy atom. The van der Waals surface area contributed by atoms with Gasteiger partial charge in [0.1, 0.15) is 0 Å². The lowest BCUT2D eigenvalue weighted by atomic mass is 10.3. The zero-order chi connectivity index (χ0) is 10.8. The summed E-state index contributed by atoms with van der Waals surface area (Å²) in [6.45, 7) is 2.86. The van der Waals surface area contributed by atoms with Gasteiger partial charge in [0.2, 0.25) is 5.28 Å². The first-order chi connectivity index (χ1) is 7.18. The van der Waals surface area contributed by atoms with Crippen LogP contribution in [0.25, 0.3) is 0 Å². The Morgan fingerprint density at radius 1 is 1.67 bits per heavy atom. The molecule has 3 nitrogen and oxygen atoms in total. The fourth-order valence-corrected chi connectivity index (χ4v) is 2.72. The van der Waals surface area contributed by atoms with Crippen LogP contribution < -0.4 is 4.90 Å². The summed E-state index contributed by atoms with van der Waals surface area (Å²) in [6.07, 6.45) is 1.12. The monoisotopic (exact) mass is 247 g/mol. The molecule has 2 rings (SSSR count). The average Bonchev–Trinajstić information content (AvgIpc) is 2.23.